The van der Waals surface area contributed by atoms with Gasteiger partial charge in [0.1, 0.15) is 5.82 Å². The molecule has 1 aromatic heterocycles. The molecule has 2 fully saturated rings. The zero-order valence-corrected chi connectivity index (χ0v) is 11.9. The minimum absolute atomic E-state index is 0.322. The van der Waals surface area contributed by atoms with Gasteiger partial charge < -0.3 is 15.0 Å². The van der Waals surface area contributed by atoms with Gasteiger partial charge in [0, 0.05) is 18.7 Å². The molecule has 2 atom stereocenters. The lowest BCUT2D eigenvalue weighted by Crippen LogP contribution is -2.22. The number of nitrogens with zero attached hydrogens (tertiary/aromatic N) is 2. The fourth-order valence-electron chi connectivity index (χ4n) is 3.59. The van der Waals surface area contributed by atoms with Crippen molar-refractivity contribution in [2.24, 2.45) is 0 Å². The van der Waals surface area contributed by atoms with E-state index in [-0.39, 0.29) is 0 Å². The van der Waals surface area contributed by atoms with E-state index >= 15 is 0 Å². The van der Waals surface area contributed by atoms with Gasteiger partial charge >= 0.3 is 0 Å². The lowest BCUT2D eigenvalue weighted by atomic mass is 10.2. The highest BCUT2D eigenvalue weighted by molar-refractivity contribution is 5.80. The molecule has 2 aromatic rings. The summed E-state index contributed by atoms with van der Waals surface area (Å²) < 4.78 is 8.15. The maximum atomic E-state index is 5.91. The Kier molecular flexibility index (Phi) is 2.74. The molecule has 1 heterocycles. The zero-order chi connectivity index (χ0) is 13.7. The minimum atomic E-state index is 0.322. The Morgan fingerprint density at radius 1 is 1.25 bits per heavy atom. The molecule has 2 unspecified atom stereocenters. The van der Waals surface area contributed by atoms with Crippen LogP contribution in [0.4, 0.5) is 5.69 Å². The Bertz CT molecular complexity index is 644. The van der Waals surface area contributed by atoms with Gasteiger partial charge in [0.2, 0.25) is 0 Å². The summed E-state index contributed by atoms with van der Waals surface area (Å²) >= 11 is 0. The van der Waals surface area contributed by atoms with Gasteiger partial charge in [0.05, 0.1) is 23.2 Å². The fraction of sp³-hybridized carbons (Fsp3) is 0.562. The van der Waals surface area contributed by atoms with Crippen LogP contribution in [-0.4, -0.2) is 22.8 Å². The molecule has 2 aliphatic rings. The summed E-state index contributed by atoms with van der Waals surface area (Å²) in [7, 11) is 1.83. The maximum Gasteiger partial charge on any atom is 0.113 e. The van der Waals surface area contributed by atoms with Crippen LogP contribution >= 0.6 is 0 Å². The summed E-state index contributed by atoms with van der Waals surface area (Å²) in [6, 6.07) is 6.53. The first-order chi connectivity index (χ1) is 9.78. The predicted octanol–water partition coefficient (Wildman–Crippen LogP) is 3.24. The monoisotopic (exact) mass is 271 g/mol. The molecule has 0 aliphatic heterocycles. The number of methoxy groups -OCH3 is 1. The Labute approximate surface area is 118 Å². The van der Waals surface area contributed by atoms with Crippen molar-refractivity contribution in [3.63, 3.8) is 0 Å². The first kappa shape index (κ1) is 12.2. The molecule has 0 amide bonds. The molecular weight excluding hydrogens is 250 g/mol. The van der Waals surface area contributed by atoms with E-state index in [1.807, 2.05) is 19.2 Å². The van der Waals surface area contributed by atoms with Gasteiger partial charge in [-0.2, -0.15) is 0 Å². The van der Waals surface area contributed by atoms with Crippen LogP contribution in [0.3, 0.4) is 0 Å². The van der Waals surface area contributed by atoms with Crippen LogP contribution in [0.25, 0.3) is 11.0 Å². The number of nitrogens with two attached hydrogens (primary N) is 1. The van der Waals surface area contributed by atoms with Crippen LogP contribution in [0.15, 0.2) is 18.2 Å². The normalized spacial score (nSPS) is 26.4. The van der Waals surface area contributed by atoms with Crippen LogP contribution in [0.1, 0.15) is 49.9 Å². The molecule has 0 saturated heterocycles. The number of imidazole rings is 1. The molecule has 2 N–H and O–H groups in total. The standard InChI is InChI=1S/C16H21N3O/c1-20-15-4-2-3-14(15)19-13-8-7-11(17)9-12(13)18-16(19)10-5-6-10/h7-10,14-15H,2-6,17H2,1H3. The molecule has 2 saturated carbocycles. The number of hydrogen-bond donors (Lipinski definition) is 1. The van der Waals surface area contributed by atoms with Crippen molar-refractivity contribution in [1.29, 1.82) is 0 Å². The van der Waals surface area contributed by atoms with E-state index in [0.29, 0.717) is 18.1 Å². The van der Waals surface area contributed by atoms with E-state index in [1.165, 1.54) is 37.0 Å². The second-order valence-electron chi connectivity index (χ2n) is 6.13. The largest absolute Gasteiger partial charge is 0.399 e. The maximum absolute atomic E-state index is 5.91. The van der Waals surface area contributed by atoms with Gasteiger partial charge in [-0.3, -0.25) is 0 Å². The van der Waals surface area contributed by atoms with Crippen molar-refractivity contribution < 1.29 is 4.74 Å². The van der Waals surface area contributed by atoms with Crippen molar-refractivity contribution in [3.05, 3.63) is 24.0 Å². The third-order valence-electron chi connectivity index (χ3n) is 4.74. The third-order valence-corrected chi connectivity index (χ3v) is 4.74. The average molecular weight is 271 g/mol. The van der Waals surface area contributed by atoms with Crippen molar-refractivity contribution in [3.8, 4) is 0 Å². The van der Waals surface area contributed by atoms with Crippen molar-refractivity contribution in [2.45, 2.75) is 50.2 Å². The van der Waals surface area contributed by atoms with E-state index < -0.39 is 0 Å². The zero-order valence-electron chi connectivity index (χ0n) is 11.9. The number of anilines is 1. The molecular formula is C16H21N3O. The predicted molar refractivity (Wildman–Crippen MR) is 79.8 cm³/mol. The summed E-state index contributed by atoms with van der Waals surface area (Å²) in [6.45, 7) is 0. The Morgan fingerprint density at radius 2 is 2.10 bits per heavy atom. The van der Waals surface area contributed by atoms with E-state index in [4.69, 9.17) is 15.5 Å². The van der Waals surface area contributed by atoms with Crippen molar-refractivity contribution in [2.75, 3.05) is 12.8 Å². The number of nitrogen functional groups attached to an aromatic ring is 1. The smallest absolute Gasteiger partial charge is 0.113 e. The lowest BCUT2D eigenvalue weighted by molar-refractivity contribution is 0.0753. The van der Waals surface area contributed by atoms with Crippen LogP contribution < -0.4 is 5.73 Å². The fourth-order valence-corrected chi connectivity index (χ4v) is 3.59. The Hall–Kier alpha value is -1.55. The first-order valence-electron chi connectivity index (χ1n) is 7.58. The summed E-state index contributed by atoms with van der Waals surface area (Å²) in [6.07, 6.45) is 6.44. The van der Waals surface area contributed by atoms with Gasteiger partial charge in [0.15, 0.2) is 0 Å². The summed E-state index contributed by atoms with van der Waals surface area (Å²) in [5.74, 6) is 1.89. The number of rotatable bonds is 3. The number of aromatic nitrogens is 2. The highest BCUT2D eigenvalue weighted by atomic mass is 16.5. The van der Waals surface area contributed by atoms with Crippen LogP contribution in [-0.2, 0) is 4.74 Å². The van der Waals surface area contributed by atoms with E-state index in [9.17, 15) is 0 Å². The van der Waals surface area contributed by atoms with Crippen molar-refractivity contribution >= 4 is 16.7 Å². The molecule has 106 valence electrons. The molecule has 20 heavy (non-hydrogen) atoms. The van der Waals surface area contributed by atoms with Crippen LogP contribution in [0, 0.1) is 0 Å². The Morgan fingerprint density at radius 3 is 2.85 bits per heavy atom. The van der Waals surface area contributed by atoms with Crippen LogP contribution in [0.5, 0.6) is 0 Å². The van der Waals surface area contributed by atoms with Gasteiger partial charge in [-0.15, -0.1) is 0 Å². The molecule has 0 radical (unpaired) electrons. The molecule has 0 bridgehead atoms. The molecule has 2 aliphatic carbocycles. The van der Waals surface area contributed by atoms with E-state index in [0.717, 1.165) is 17.6 Å². The first-order valence-corrected chi connectivity index (χ1v) is 7.58. The van der Waals surface area contributed by atoms with E-state index in [1.54, 1.807) is 0 Å². The highest BCUT2D eigenvalue weighted by Gasteiger charge is 2.36. The molecule has 0 spiro atoms. The minimum Gasteiger partial charge on any atom is -0.399 e. The highest BCUT2D eigenvalue weighted by Crippen LogP contribution is 2.44. The lowest BCUT2D eigenvalue weighted by Gasteiger charge is -2.22. The SMILES string of the molecule is COC1CCCC1n1c(C2CC2)nc2cc(N)ccc21. The number of fused-ring (bicyclic) bond motifs is 1. The van der Waals surface area contributed by atoms with Crippen LogP contribution in [0.2, 0.25) is 0 Å². The topological polar surface area (TPSA) is 53.1 Å². The number of benzene rings is 1. The second kappa shape index (κ2) is 4.48. The summed E-state index contributed by atoms with van der Waals surface area (Å²) in [5.41, 5.74) is 8.95. The van der Waals surface area contributed by atoms with Crippen molar-refractivity contribution in [1.82, 2.24) is 9.55 Å². The van der Waals surface area contributed by atoms with Gasteiger partial charge in [-0.1, -0.05) is 0 Å². The third kappa shape index (κ3) is 1.82. The molecule has 1 aromatic carbocycles. The second-order valence-corrected chi connectivity index (χ2v) is 6.13. The number of ether oxygens (including phenoxy) is 1. The molecule has 4 heteroatoms. The van der Waals surface area contributed by atoms with E-state index in [2.05, 4.69) is 10.6 Å². The summed E-state index contributed by atoms with van der Waals surface area (Å²) in [5, 5.41) is 0. The molecule has 4 rings (SSSR count). The van der Waals surface area contributed by atoms with Gasteiger partial charge in [0.25, 0.3) is 0 Å². The Balaban J connectivity index is 1.89. The number of hydrogen-bond acceptors (Lipinski definition) is 3. The average Bonchev–Trinajstić information content (AvgIpc) is 3.07. The molecule has 4 nitrogen and oxygen atoms in total. The quantitative estimate of drug-likeness (QED) is 0.872. The van der Waals surface area contributed by atoms with Gasteiger partial charge in [-0.25, -0.2) is 4.98 Å². The summed E-state index contributed by atoms with van der Waals surface area (Å²) in [4.78, 5) is 4.88. The van der Waals surface area contributed by atoms with Gasteiger partial charge in [-0.05, 0) is 50.3 Å².